The molecule has 0 aliphatic heterocycles. The molecule has 6 heteroatoms. The fraction of sp³-hybridized carbons (Fsp3) is 0.462. The number of thiocarbonyl (C=S) groups is 1. The Labute approximate surface area is 196 Å². The Morgan fingerprint density at radius 3 is 2.25 bits per heavy atom. The molecule has 0 unspecified atom stereocenters. The summed E-state index contributed by atoms with van der Waals surface area (Å²) in [7, 11) is 0. The van der Waals surface area contributed by atoms with Crippen molar-refractivity contribution in [2.75, 3.05) is 13.2 Å². The number of hydrogen-bond acceptors (Lipinski definition) is 4. The van der Waals surface area contributed by atoms with Gasteiger partial charge >= 0.3 is 0 Å². The molecule has 0 aromatic heterocycles. The molecule has 0 heterocycles. The third-order valence-electron chi connectivity index (χ3n) is 6.00. The molecule has 1 amide bonds. The molecular weight excluding hydrogens is 420 g/mol. The van der Waals surface area contributed by atoms with E-state index < -0.39 is 0 Å². The number of carbonyl (C=O) groups excluding carboxylic acids is 1. The fourth-order valence-electron chi connectivity index (χ4n) is 4.10. The lowest BCUT2D eigenvalue weighted by Gasteiger charge is -2.37. The van der Waals surface area contributed by atoms with Gasteiger partial charge in [-0.05, 0) is 73.5 Å². The van der Waals surface area contributed by atoms with E-state index in [4.69, 9.17) is 21.7 Å². The highest BCUT2D eigenvalue weighted by Crippen LogP contribution is 2.37. The van der Waals surface area contributed by atoms with Crippen LogP contribution in [-0.2, 0) is 0 Å². The second-order valence-corrected chi connectivity index (χ2v) is 9.76. The number of rotatable bonds is 7. The van der Waals surface area contributed by atoms with E-state index in [0.717, 1.165) is 24.5 Å². The number of nitrogens with one attached hydrogen (secondary N) is 2. The summed E-state index contributed by atoms with van der Waals surface area (Å²) in [5.41, 5.74) is 0.794. The van der Waals surface area contributed by atoms with Gasteiger partial charge in [0.2, 0.25) is 0 Å². The van der Waals surface area contributed by atoms with Crippen molar-refractivity contribution in [3.63, 3.8) is 0 Å². The predicted molar refractivity (Wildman–Crippen MR) is 132 cm³/mol. The average molecular weight is 455 g/mol. The SMILES string of the molecule is CC(C)(C)C1CCC(NC(=S)NC(=O)c2ccccc2OCCOc2ccccc2)CC1. The van der Waals surface area contributed by atoms with Gasteiger partial charge in [0.1, 0.15) is 24.7 Å². The molecule has 172 valence electrons. The Morgan fingerprint density at radius 1 is 0.938 bits per heavy atom. The van der Waals surface area contributed by atoms with E-state index in [-0.39, 0.29) is 5.91 Å². The summed E-state index contributed by atoms with van der Waals surface area (Å²) in [6.45, 7) is 7.65. The molecule has 0 radical (unpaired) electrons. The van der Waals surface area contributed by atoms with Crippen molar-refractivity contribution in [3.8, 4) is 11.5 Å². The summed E-state index contributed by atoms with van der Waals surface area (Å²) >= 11 is 5.41. The normalized spacial score (nSPS) is 18.5. The van der Waals surface area contributed by atoms with Gasteiger partial charge in [0.25, 0.3) is 5.91 Å². The minimum Gasteiger partial charge on any atom is -0.490 e. The molecule has 5 nitrogen and oxygen atoms in total. The molecular formula is C26H34N2O3S. The van der Waals surface area contributed by atoms with Crippen LogP contribution in [0, 0.1) is 11.3 Å². The number of carbonyl (C=O) groups is 1. The lowest BCUT2D eigenvalue weighted by molar-refractivity contribution is 0.0970. The first-order chi connectivity index (χ1) is 15.3. The van der Waals surface area contributed by atoms with Crippen molar-refractivity contribution in [3.05, 3.63) is 60.2 Å². The van der Waals surface area contributed by atoms with Gasteiger partial charge in [-0.3, -0.25) is 10.1 Å². The van der Waals surface area contributed by atoms with Gasteiger partial charge < -0.3 is 14.8 Å². The van der Waals surface area contributed by atoms with Crippen LogP contribution in [0.4, 0.5) is 0 Å². The maximum absolute atomic E-state index is 12.8. The quantitative estimate of drug-likeness (QED) is 0.436. The Kier molecular flexibility index (Phi) is 8.51. The van der Waals surface area contributed by atoms with E-state index in [9.17, 15) is 4.79 Å². The van der Waals surface area contributed by atoms with Gasteiger partial charge in [0, 0.05) is 6.04 Å². The summed E-state index contributed by atoms with van der Waals surface area (Å²) in [6.07, 6.45) is 4.50. The molecule has 32 heavy (non-hydrogen) atoms. The Balaban J connectivity index is 1.46. The van der Waals surface area contributed by atoms with Gasteiger partial charge in [-0.15, -0.1) is 0 Å². The van der Waals surface area contributed by atoms with Crippen molar-refractivity contribution in [1.29, 1.82) is 0 Å². The molecule has 0 atom stereocenters. The molecule has 2 aromatic rings. The van der Waals surface area contributed by atoms with Crippen molar-refractivity contribution < 1.29 is 14.3 Å². The van der Waals surface area contributed by atoms with Crippen molar-refractivity contribution in [1.82, 2.24) is 10.6 Å². The Bertz CT molecular complexity index is 887. The zero-order chi connectivity index (χ0) is 23.0. The third-order valence-corrected chi connectivity index (χ3v) is 6.22. The van der Waals surface area contributed by atoms with Crippen LogP contribution in [0.3, 0.4) is 0 Å². The second kappa shape index (κ2) is 11.3. The molecule has 3 rings (SSSR count). The molecule has 1 saturated carbocycles. The predicted octanol–water partition coefficient (Wildman–Crippen LogP) is 5.35. The lowest BCUT2D eigenvalue weighted by atomic mass is 9.71. The van der Waals surface area contributed by atoms with E-state index >= 15 is 0 Å². The van der Waals surface area contributed by atoms with Crippen LogP contribution >= 0.6 is 12.2 Å². The number of benzene rings is 2. The maximum Gasteiger partial charge on any atom is 0.261 e. The summed E-state index contributed by atoms with van der Waals surface area (Å²) in [6, 6.07) is 17.0. The maximum atomic E-state index is 12.8. The number of ether oxygens (including phenoxy) is 2. The van der Waals surface area contributed by atoms with E-state index in [2.05, 4.69) is 31.4 Å². The van der Waals surface area contributed by atoms with E-state index in [1.807, 2.05) is 42.5 Å². The van der Waals surface area contributed by atoms with Gasteiger partial charge in [-0.1, -0.05) is 51.1 Å². The molecule has 0 saturated heterocycles. The highest BCUT2D eigenvalue weighted by Gasteiger charge is 2.30. The molecule has 1 aliphatic rings. The van der Waals surface area contributed by atoms with E-state index in [0.29, 0.717) is 41.1 Å². The van der Waals surface area contributed by atoms with Crippen LogP contribution in [0.2, 0.25) is 0 Å². The topological polar surface area (TPSA) is 59.6 Å². The molecule has 1 aliphatic carbocycles. The van der Waals surface area contributed by atoms with Crippen LogP contribution in [-0.4, -0.2) is 30.3 Å². The number of amides is 1. The highest BCUT2D eigenvalue weighted by molar-refractivity contribution is 7.80. The van der Waals surface area contributed by atoms with Gasteiger partial charge in [0.05, 0.1) is 5.56 Å². The zero-order valence-corrected chi connectivity index (χ0v) is 20.0. The van der Waals surface area contributed by atoms with Crippen LogP contribution in [0.5, 0.6) is 11.5 Å². The van der Waals surface area contributed by atoms with E-state index in [1.165, 1.54) is 12.8 Å². The smallest absolute Gasteiger partial charge is 0.261 e. The average Bonchev–Trinajstić information content (AvgIpc) is 2.77. The Morgan fingerprint density at radius 2 is 1.56 bits per heavy atom. The largest absolute Gasteiger partial charge is 0.490 e. The monoisotopic (exact) mass is 454 g/mol. The van der Waals surface area contributed by atoms with Crippen LogP contribution in [0.1, 0.15) is 56.8 Å². The zero-order valence-electron chi connectivity index (χ0n) is 19.2. The van der Waals surface area contributed by atoms with Crippen molar-refractivity contribution in [2.45, 2.75) is 52.5 Å². The minimum atomic E-state index is -0.273. The van der Waals surface area contributed by atoms with Gasteiger partial charge in [0.15, 0.2) is 5.11 Å². The first-order valence-corrected chi connectivity index (χ1v) is 11.8. The van der Waals surface area contributed by atoms with Crippen LogP contribution in [0.25, 0.3) is 0 Å². The first kappa shape index (κ1) is 24.1. The second-order valence-electron chi connectivity index (χ2n) is 9.35. The summed E-state index contributed by atoms with van der Waals surface area (Å²) in [5.74, 6) is 1.76. The third kappa shape index (κ3) is 7.23. The summed E-state index contributed by atoms with van der Waals surface area (Å²) < 4.78 is 11.5. The van der Waals surface area contributed by atoms with Crippen molar-refractivity contribution >= 4 is 23.2 Å². The van der Waals surface area contributed by atoms with Gasteiger partial charge in [-0.25, -0.2) is 0 Å². The van der Waals surface area contributed by atoms with E-state index in [1.54, 1.807) is 12.1 Å². The first-order valence-electron chi connectivity index (χ1n) is 11.3. The van der Waals surface area contributed by atoms with Crippen LogP contribution < -0.4 is 20.1 Å². The lowest BCUT2D eigenvalue weighted by Crippen LogP contribution is -2.46. The molecule has 1 fully saturated rings. The number of hydrogen-bond donors (Lipinski definition) is 2. The Hall–Kier alpha value is -2.60. The van der Waals surface area contributed by atoms with Gasteiger partial charge in [-0.2, -0.15) is 0 Å². The molecule has 2 N–H and O–H groups in total. The minimum absolute atomic E-state index is 0.273. The highest BCUT2D eigenvalue weighted by atomic mass is 32.1. The standard InChI is InChI=1S/C26H34N2O3S/c1-26(2,3)19-13-15-20(16-14-19)27-25(32)28-24(29)22-11-7-8-12-23(22)31-18-17-30-21-9-5-4-6-10-21/h4-12,19-20H,13-18H2,1-3H3,(H2,27,28,29,32). The summed E-state index contributed by atoms with van der Waals surface area (Å²) in [4.78, 5) is 12.8. The molecule has 0 bridgehead atoms. The van der Waals surface area contributed by atoms with Crippen LogP contribution in [0.15, 0.2) is 54.6 Å². The molecule has 0 spiro atoms. The molecule has 2 aromatic carbocycles. The summed E-state index contributed by atoms with van der Waals surface area (Å²) in [5, 5.41) is 6.50. The fourth-order valence-corrected chi connectivity index (χ4v) is 4.36. The van der Waals surface area contributed by atoms with Crippen molar-refractivity contribution in [2.24, 2.45) is 11.3 Å². The number of para-hydroxylation sites is 2.